The number of benzene rings is 3. The quantitative estimate of drug-likeness (QED) is 0.632. The molecule has 3 aromatic carbocycles. The molecule has 0 aliphatic carbocycles. The van der Waals surface area contributed by atoms with E-state index in [0.717, 1.165) is 16.7 Å². The van der Waals surface area contributed by atoms with Crippen molar-refractivity contribution in [1.82, 2.24) is 10.2 Å². The van der Waals surface area contributed by atoms with Gasteiger partial charge >= 0.3 is 0 Å². The zero-order chi connectivity index (χ0) is 20.6. The lowest BCUT2D eigenvalue weighted by atomic mass is 10.0. The van der Waals surface area contributed by atoms with E-state index in [9.17, 15) is 9.59 Å². The number of nitrogens with one attached hydrogen (secondary N) is 1. The Hall–Kier alpha value is -3.11. The number of nitrogens with zero attached hydrogens (tertiary/aromatic N) is 1. The summed E-state index contributed by atoms with van der Waals surface area (Å²) in [5.74, 6) is -0.352. The fourth-order valence-electron chi connectivity index (χ4n) is 3.23. The molecule has 3 rings (SSSR count). The van der Waals surface area contributed by atoms with Crippen molar-refractivity contribution in [3.8, 4) is 0 Å². The molecule has 2 amide bonds. The van der Waals surface area contributed by atoms with Crippen LogP contribution >= 0.6 is 11.6 Å². The molecule has 0 saturated heterocycles. The summed E-state index contributed by atoms with van der Waals surface area (Å²) in [5, 5.41) is 3.33. The van der Waals surface area contributed by atoms with E-state index >= 15 is 0 Å². The smallest absolute Gasteiger partial charge is 0.247 e. The van der Waals surface area contributed by atoms with Crippen LogP contribution < -0.4 is 5.32 Å². The minimum absolute atomic E-state index is 0.122. The Labute approximate surface area is 176 Å². The van der Waals surface area contributed by atoms with E-state index in [1.165, 1.54) is 0 Å². The second kappa shape index (κ2) is 9.89. The van der Waals surface area contributed by atoms with Gasteiger partial charge in [0.2, 0.25) is 11.8 Å². The van der Waals surface area contributed by atoms with Crippen molar-refractivity contribution < 1.29 is 9.59 Å². The third-order valence-electron chi connectivity index (χ3n) is 4.71. The average molecular weight is 407 g/mol. The van der Waals surface area contributed by atoms with Crippen LogP contribution in [0.4, 0.5) is 0 Å². The molecule has 0 fully saturated rings. The molecule has 0 heterocycles. The number of halogens is 1. The minimum atomic E-state index is -0.729. The van der Waals surface area contributed by atoms with E-state index in [0.29, 0.717) is 11.6 Å². The molecule has 29 heavy (non-hydrogen) atoms. The zero-order valence-corrected chi connectivity index (χ0v) is 17.0. The maximum Gasteiger partial charge on any atom is 0.247 e. The standard InChI is InChI=1S/C24H23ClN2O2/c1-26-24(29)23(20-10-6-3-7-11-20)27(17-19-12-14-21(25)15-13-19)22(28)16-18-8-4-2-5-9-18/h2-15,23H,16-17H2,1H3,(H,26,29)/t23-/m0/s1. The summed E-state index contributed by atoms with van der Waals surface area (Å²) in [7, 11) is 1.58. The minimum Gasteiger partial charge on any atom is -0.357 e. The fraction of sp³-hybridized carbons (Fsp3) is 0.167. The van der Waals surface area contributed by atoms with Gasteiger partial charge in [0.05, 0.1) is 6.42 Å². The van der Waals surface area contributed by atoms with Crippen molar-refractivity contribution in [2.75, 3.05) is 7.05 Å². The maximum absolute atomic E-state index is 13.3. The number of hydrogen-bond acceptors (Lipinski definition) is 2. The molecular weight excluding hydrogens is 384 g/mol. The molecule has 5 heteroatoms. The predicted molar refractivity (Wildman–Crippen MR) is 115 cm³/mol. The van der Waals surface area contributed by atoms with Crippen LogP contribution in [0.3, 0.4) is 0 Å². The van der Waals surface area contributed by atoms with E-state index in [1.54, 1.807) is 24.1 Å². The topological polar surface area (TPSA) is 49.4 Å². The molecule has 4 nitrogen and oxygen atoms in total. The summed E-state index contributed by atoms with van der Waals surface area (Å²) in [4.78, 5) is 27.8. The monoisotopic (exact) mass is 406 g/mol. The number of carbonyl (C=O) groups is 2. The summed E-state index contributed by atoms with van der Waals surface area (Å²) in [6.45, 7) is 0.301. The number of carbonyl (C=O) groups excluding carboxylic acids is 2. The summed E-state index contributed by atoms with van der Waals surface area (Å²) in [6.07, 6.45) is 0.217. The van der Waals surface area contributed by atoms with Crippen LogP contribution in [0.15, 0.2) is 84.9 Å². The lowest BCUT2D eigenvalue weighted by Crippen LogP contribution is -2.43. The first-order valence-electron chi connectivity index (χ1n) is 9.43. The predicted octanol–water partition coefficient (Wildman–Crippen LogP) is 4.40. The molecule has 1 atom stereocenters. The zero-order valence-electron chi connectivity index (χ0n) is 16.2. The van der Waals surface area contributed by atoms with Crippen LogP contribution in [0.25, 0.3) is 0 Å². The first-order chi connectivity index (χ1) is 14.1. The van der Waals surface area contributed by atoms with E-state index in [4.69, 9.17) is 11.6 Å². The SMILES string of the molecule is CNC(=O)[C@H](c1ccccc1)N(Cc1ccc(Cl)cc1)C(=O)Cc1ccccc1. The van der Waals surface area contributed by atoms with Gasteiger partial charge in [-0.1, -0.05) is 84.4 Å². The molecule has 0 radical (unpaired) electrons. The lowest BCUT2D eigenvalue weighted by Gasteiger charge is -2.31. The molecule has 0 aromatic heterocycles. The third kappa shape index (κ3) is 5.46. The Morgan fingerprint density at radius 1 is 0.862 bits per heavy atom. The highest BCUT2D eigenvalue weighted by Crippen LogP contribution is 2.25. The average Bonchev–Trinajstić information content (AvgIpc) is 2.76. The van der Waals surface area contributed by atoms with Crippen LogP contribution in [0.2, 0.25) is 5.02 Å². The van der Waals surface area contributed by atoms with Crippen molar-refractivity contribution in [2.45, 2.75) is 19.0 Å². The molecule has 1 N–H and O–H groups in total. The second-order valence-electron chi connectivity index (χ2n) is 6.74. The Morgan fingerprint density at radius 2 is 1.45 bits per heavy atom. The Kier molecular flexibility index (Phi) is 7.04. The van der Waals surface area contributed by atoms with Gasteiger partial charge < -0.3 is 10.2 Å². The molecule has 148 valence electrons. The van der Waals surface area contributed by atoms with Gasteiger partial charge in [0, 0.05) is 18.6 Å². The summed E-state index contributed by atoms with van der Waals surface area (Å²) in [6, 6.07) is 25.5. The van der Waals surface area contributed by atoms with Crippen molar-refractivity contribution in [3.63, 3.8) is 0 Å². The first-order valence-corrected chi connectivity index (χ1v) is 9.80. The van der Waals surface area contributed by atoms with Crippen molar-refractivity contribution in [1.29, 1.82) is 0 Å². The summed E-state index contributed by atoms with van der Waals surface area (Å²) < 4.78 is 0. The van der Waals surface area contributed by atoms with Crippen molar-refractivity contribution in [3.05, 3.63) is 107 Å². The Morgan fingerprint density at radius 3 is 2.03 bits per heavy atom. The molecule has 3 aromatic rings. The van der Waals surface area contributed by atoms with E-state index in [1.807, 2.05) is 72.8 Å². The molecule has 0 aliphatic rings. The molecule has 0 saturated carbocycles. The first kappa shape index (κ1) is 20.6. The van der Waals surface area contributed by atoms with Crippen molar-refractivity contribution in [2.24, 2.45) is 0 Å². The fourth-order valence-corrected chi connectivity index (χ4v) is 3.35. The number of rotatable bonds is 7. The highest BCUT2D eigenvalue weighted by Gasteiger charge is 2.30. The van der Waals surface area contributed by atoms with Gasteiger partial charge in [-0.25, -0.2) is 0 Å². The summed E-state index contributed by atoms with van der Waals surface area (Å²) >= 11 is 6.00. The van der Waals surface area contributed by atoms with E-state index in [2.05, 4.69) is 5.32 Å². The van der Waals surface area contributed by atoms with Crippen molar-refractivity contribution >= 4 is 23.4 Å². The van der Waals surface area contributed by atoms with Crippen LogP contribution in [-0.2, 0) is 22.6 Å². The van der Waals surface area contributed by atoms with Crippen LogP contribution in [0.5, 0.6) is 0 Å². The van der Waals surface area contributed by atoms with E-state index < -0.39 is 6.04 Å². The van der Waals surface area contributed by atoms with Gasteiger partial charge in [0.25, 0.3) is 0 Å². The normalized spacial score (nSPS) is 11.5. The molecule has 0 bridgehead atoms. The maximum atomic E-state index is 13.3. The largest absolute Gasteiger partial charge is 0.357 e. The third-order valence-corrected chi connectivity index (χ3v) is 4.96. The summed E-state index contributed by atoms with van der Waals surface area (Å²) in [5.41, 5.74) is 2.57. The lowest BCUT2D eigenvalue weighted by molar-refractivity contribution is -0.141. The molecule has 0 spiro atoms. The van der Waals surface area contributed by atoms with Crippen LogP contribution in [0.1, 0.15) is 22.7 Å². The number of hydrogen-bond donors (Lipinski definition) is 1. The molecule has 0 aliphatic heterocycles. The van der Waals surface area contributed by atoms with Gasteiger partial charge in [-0.05, 0) is 28.8 Å². The van der Waals surface area contributed by atoms with Gasteiger partial charge in [0.15, 0.2) is 0 Å². The Bertz CT molecular complexity index is 944. The van der Waals surface area contributed by atoms with Gasteiger partial charge in [-0.15, -0.1) is 0 Å². The van der Waals surface area contributed by atoms with Crippen LogP contribution in [0, 0.1) is 0 Å². The Balaban J connectivity index is 1.98. The molecular formula is C24H23ClN2O2. The second-order valence-corrected chi connectivity index (χ2v) is 7.17. The van der Waals surface area contributed by atoms with Gasteiger partial charge in [-0.3, -0.25) is 9.59 Å². The highest BCUT2D eigenvalue weighted by atomic mass is 35.5. The highest BCUT2D eigenvalue weighted by molar-refractivity contribution is 6.30. The van der Waals surface area contributed by atoms with E-state index in [-0.39, 0.29) is 18.2 Å². The number of amides is 2. The molecule has 0 unspecified atom stereocenters. The number of likely N-dealkylation sites (N-methyl/N-ethyl adjacent to an activating group) is 1. The van der Waals surface area contributed by atoms with Crippen LogP contribution in [-0.4, -0.2) is 23.8 Å². The van der Waals surface area contributed by atoms with Gasteiger partial charge in [-0.2, -0.15) is 0 Å². The van der Waals surface area contributed by atoms with Gasteiger partial charge in [0.1, 0.15) is 6.04 Å².